The first-order chi connectivity index (χ1) is 13.4. The summed E-state index contributed by atoms with van der Waals surface area (Å²) in [6, 6.07) is 0. The molecule has 2 saturated carbocycles. The Morgan fingerprint density at radius 1 is 1.03 bits per heavy atom. The Morgan fingerprint density at radius 2 is 1.72 bits per heavy atom. The van der Waals surface area contributed by atoms with Crippen LogP contribution in [0.3, 0.4) is 0 Å². The van der Waals surface area contributed by atoms with Crippen molar-refractivity contribution in [1.29, 1.82) is 0 Å². The fourth-order valence-corrected chi connectivity index (χ4v) is 7.24. The Labute approximate surface area is 170 Å². The first-order valence-electron chi connectivity index (χ1n) is 10.4. The number of halogens is 3. The fourth-order valence-electron chi connectivity index (χ4n) is 6.65. The van der Waals surface area contributed by atoms with Gasteiger partial charge in [-0.1, -0.05) is 25.5 Å². The molecule has 4 rings (SSSR count). The molecule has 164 valence electrons. The summed E-state index contributed by atoms with van der Waals surface area (Å²) < 4.78 is 72.0. The van der Waals surface area contributed by atoms with Crippen LogP contribution in [-0.4, -0.2) is 27.1 Å². The highest BCUT2D eigenvalue weighted by molar-refractivity contribution is 7.87. The highest BCUT2D eigenvalue weighted by atomic mass is 32.2. The van der Waals surface area contributed by atoms with Crippen molar-refractivity contribution in [2.24, 2.45) is 28.6 Å². The molecule has 4 aliphatic rings. The number of methoxy groups -OCH3 is 1. The summed E-state index contributed by atoms with van der Waals surface area (Å²) in [5.41, 5.74) is -4.51. The van der Waals surface area contributed by atoms with Gasteiger partial charge in [-0.3, -0.25) is 0 Å². The van der Waals surface area contributed by atoms with Gasteiger partial charge in [0.05, 0.1) is 6.10 Å². The van der Waals surface area contributed by atoms with Gasteiger partial charge in [-0.15, -0.1) is 0 Å². The standard InChI is InChI=1S/C21H29F3O4S/c1-19-10-8-14(27-3)12-13(19)4-5-15-16-6-7-18(20(16,2)11-9-17(15)19)28-29(25,26)21(22,23)24/h4,7,14-17H,5-6,8-12H2,1-3H3/t14-,15?,16-,17-,19-,20-/m0/s1. The molecule has 8 heteroatoms. The fraction of sp³-hybridized carbons (Fsp3) is 0.810. The Balaban J connectivity index is 1.58. The third kappa shape index (κ3) is 3.16. The molecular weight excluding hydrogens is 405 g/mol. The third-order valence-corrected chi connectivity index (χ3v) is 9.35. The van der Waals surface area contributed by atoms with Crippen molar-refractivity contribution < 1.29 is 30.5 Å². The molecule has 0 radical (unpaired) electrons. The molecule has 0 spiro atoms. The minimum absolute atomic E-state index is 0.0127. The van der Waals surface area contributed by atoms with Gasteiger partial charge in [-0.25, -0.2) is 0 Å². The maximum absolute atomic E-state index is 12.8. The number of hydrogen-bond donors (Lipinski definition) is 0. The van der Waals surface area contributed by atoms with Crippen molar-refractivity contribution in [1.82, 2.24) is 0 Å². The molecule has 0 aliphatic heterocycles. The minimum Gasteiger partial charge on any atom is -0.381 e. The molecule has 4 aliphatic carbocycles. The molecule has 0 heterocycles. The molecule has 1 unspecified atom stereocenters. The summed E-state index contributed by atoms with van der Waals surface area (Å²) in [4.78, 5) is 0. The molecule has 0 bridgehead atoms. The van der Waals surface area contributed by atoms with Crippen LogP contribution in [0.1, 0.15) is 58.8 Å². The lowest BCUT2D eigenvalue weighted by atomic mass is 9.48. The average Bonchev–Trinajstić information content (AvgIpc) is 2.96. The van der Waals surface area contributed by atoms with Gasteiger partial charge < -0.3 is 8.92 Å². The largest absolute Gasteiger partial charge is 0.534 e. The van der Waals surface area contributed by atoms with Crippen LogP contribution in [0.15, 0.2) is 23.5 Å². The van der Waals surface area contributed by atoms with E-state index in [2.05, 4.69) is 17.2 Å². The van der Waals surface area contributed by atoms with Crippen LogP contribution in [-0.2, 0) is 19.0 Å². The summed E-state index contributed by atoms with van der Waals surface area (Å²) in [6.07, 6.45) is 10.2. The second kappa shape index (κ2) is 6.74. The van der Waals surface area contributed by atoms with E-state index in [9.17, 15) is 21.6 Å². The lowest BCUT2D eigenvalue weighted by Gasteiger charge is -2.57. The maximum atomic E-state index is 12.8. The number of rotatable bonds is 3. The van der Waals surface area contributed by atoms with E-state index in [0.29, 0.717) is 24.7 Å². The van der Waals surface area contributed by atoms with Crippen LogP contribution in [0.2, 0.25) is 0 Å². The Morgan fingerprint density at radius 3 is 2.38 bits per heavy atom. The van der Waals surface area contributed by atoms with Crippen molar-refractivity contribution >= 4 is 10.1 Å². The normalized spacial score (nSPS) is 42.3. The Kier molecular flexibility index (Phi) is 4.93. The highest BCUT2D eigenvalue weighted by Gasteiger charge is 2.59. The van der Waals surface area contributed by atoms with Crippen LogP contribution in [0.25, 0.3) is 0 Å². The molecule has 0 N–H and O–H groups in total. The zero-order valence-electron chi connectivity index (χ0n) is 17.1. The van der Waals surface area contributed by atoms with Crippen molar-refractivity contribution in [2.75, 3.05) is 7.11 Å². The lowest BCUT2D eigenvalue weighted by molar-refractivity contribution is -0.0591. The van der Waals surface area contributed by atoms with Crippen LogP contribution in [0.4, 0.5) is 13.2 Å². The summed E-state index contributed by atoms with van der Waals surface area (Å²) in [5.74, 6) is 0.883. The van der Waals surface area contributed by atoms with Gasteiger partial charge >= 0.3 is 15.6 Å². The monoisotopic (exact) mass is 434 g/mol. The van der Waals surface area contributed by atoms with E-state index in [4.69, 9.17) is 4.74 Å². The number of hydrogen-bond acceptors (Lipinski definition) is 4. The molecule has 0 aromatic carbocycles. The van der Waals surface area contributed by atoms with E-state index in [1.807, 2.05) is 6.92 Å². The summed E-state index contributed by atoms with van der Waals surface area (Å²) in [6.45, 7) is 4.21. The smallest absolute Gasteiger partial charge is 0.381 e. The minimum atomic E-state index is -5.63. The van der Waals surface area contributed by atoms with Crippen LogP contribution >= 0.6 is 0 Å². The lowest BCUT2D eigenvalue weighted by Crippen LogP contribution is -2.50. The van der Waals surface area contributed by atoms with Gasteiger partial charge in [0.25, 0.3) is 0 Å². The molecule has 2 fully saturated rings. The van der Waals surface area contributed by atoms with Crippen molar-refractivity contribution in [3.8, 4) is 0 Å². The number of allylic oxidation sites excluding steroid dienone is 3. The number of alkyl halides is 3. The molecule has 0 saturated heterocycles. The van der Waals surface area contributed by atoms with Crippen LogP contribution < -0.4 is 0 Å². The van der Waals surface area contributed by atoms with Gasteiger partial charge in [0.1, 0.15) is 5.76 Å². The topological polar surface area (TPSA) is 52.6 Å². The van der Waals surface area contributed by atoms with Crippen molar-refractivity contribution in [3.63, 3.8) is 0 Å². The molecule has 0 aromatic rings. The Bertz CT molecular complexity index is 846. The van der Waals surface area contributed by atoms with Gasteiger partial charge in [-0.2, -0.15) is 21.6 Å². The summed E-state index contributed by atoms with van der Waals surface area (Å²) in [5, 5.41) is 0. The zero-order valence-corrected chi connectivity index (χ0v) is 17.9. The second-order valence-corrected chi connectivity index (χ2v) is 11.1. The molecule has 0 aromatic heterocycles. The average molecular weight is 435 g/mol. The Hall–Kier alpha value is -1.02. The predicted molar refractivity (Wildman–Crippen MR) is 102 cm³/mol. The molecule has 0 amide bonds. The number of ether oxygens (including phenoxy) is 1. The first kappa shape index (κ1) is 21.2. The molecule has 29 heavy (non-hydrogen) atoms. The third-order valence-electron chi connectivity index (χ3n) is 8.38. The summed E-state index contributed by atoms with van der Waals surface area (Å²) in [7, 11) is -3.88. The molecule has 4 nitrogen and oxygen atoms in total. The quantitative estimate of drug-likeness (QED) is 0.343. The van der Waals surface area contributed by atoms with E-state index in [1.165, 1.54) is 5.57 Å². The van der Waals surface area contributed by atoms with Crippen molar-refractivity contribution in [3.05, 3.63) is 23.5 Å². The van der Waals surface area contributed by atoms with E-state index < -0.39 is 21.0 Å². The van der Waals surface area contributed by atoms with Crippen LogP contribution in [0, 0.1) is 28.6 Å². The van der Waals surface area contributed by atoms with Crippen molar-refractivity contribution in [2.45, 2.75) is 70.4 Å². The zero-order chi connectivity index (χ0) is 21.2. The second-order valence-electron chi connectivity index (χ2n) is 9.60. The first-order valence-corrected chi connectivity index (χ1v) is 11.8. The highest BCUT2D eigenvalue weighted by Crippen LogP contribution is 2.65. The van der Waals surface area contributed by atoms with Gasteiger partial charge in [0.2, 0.25) is 0 Å². The van der Waals surface area contributed by atoms with Gasteiger partial charge in [0.15, 0.2) is 0 Å². The van der Waals surface area contributed by atoms with E-state index in [1.54, 1.807) is 13.2 Å². The number of fused-ring (bicyclic) bond motifs is 5. The van der Waals surface area contributed by atoms with Gasteiger partial charge in [-0.05, 0) is 74.2 Å². The summed E-state index contributed by atoms with van der Waals surface area (Å²) >= 11 is 0. The van der Waals surface area contributed by atoms with Gasteiger partial charge in [0, 0.05) is 12.5 Å². The van der Waals surface area contributed by atoms with E-state index in [0.717, 1.165) is 32.1 Å². The molecular formula is C21H29F3O4S. The van der Waals surface area contributed by atoms with E-state index in [-0.39, 0.29) is 23.2 Å². The SMILES string of the molecule is CO[C@H]1CC[C@@]2(C)C(=CCC3[C@@H]2CC[C@]2(C)C(OS(=O)(=O)C(F)(F)F)=CC[C@@H]32)C1. The molecule has 6 atom stereocenters. The maximum Gasteiger partial charge on any atom is 0.534 e. The van der Waals surface area contributed by atoms with E-state index >= 15 is 0 Å². The predicted octanol–water partition coefficient (Wildman–Crippen LogP) is 5.32. The van der Waals surface area contributed by atoms with Crippen LogP contribution in [0.5, 0.6) is 0 Å².